The van der Waals surface area contributed by atoms with Crippen molar-refractivity contribution < 1.29 is 4.79 Å². The van der Waals surface area contributed by atoms with Crippen molar-refractivity contribution >= 4 is 17.3 Å². The number of nitrogens with zero attached hydrogens (tertiary/aromatic N) is 2. The predicted molar refractivity (Wildman–Crippen MR) is 87.7 cm³/mol. The molecule has 0 unspecified atom stereocenters. The van der Waals surface area contributed by atoms with E-state index in [1.165, 1.54) is 0 Å². The van der Waals surface area contributed by atoms with E-state index in [2.05, 4.69) is 28.1 Å². The molecule has 1 aliphatic rings. The molecule has 0 saturated carbocycles. The van der Waals surface area contributed by atoms with E-state index in [0.29, 0.717) is 13.0 Å². The van der Waals surface area contributed by atoms with Crippen molar-refractivity contribution in [2.45, 2.75) is 19.8 Å². The van der Waals surface area contributed by atoms with Crippen molar-refractivity contribution in [1.82, 2.24) is 4.90 Å². The lowest BCUT2D eigenvalue weighted by Crippen LogP contribution is -2.46. The van der Waals surface area contributed by atoms with Gasteiger partial charge >= 0.3 is 0 Å². The van der Waals surface area contributed by atoms with Crippen LogP contribution in [0.15, 0.2) is 24.3 Å². The number of piperazine rings is 1. The zero-order valence-corrected chi connectivity index (χ0v) is 12.8. The van der Waals surface area contributed by atoms with E-state index in [1.54, 1.807) is 0 Å². The van der Waals surface area contributed by atoms with E-state index in [-0.39, 0.29) is 5.91 Å². The molecule has 2 rings (SSSR count). The molecule has 1 aromatic rings. The van der Waals surface area contributed by atoms with Gasteiger partial charge in [0.15, 0.2) is 0 Å². The molecule has 0 aliphatic carbocycles. The Kier molecular flexibility index (Phi) is 6.02. The SMILES string of the molecule is CCN1CCN(c2ccccc2NC(=O)CCCN)CC1. The highest BCUT2D eigenvalue weighted by atomic mass is 16.1. The minimum absolute atomic E-state index is 0.0418. The summed E-state index contributed by atoms with van der Waals surface area (Å²) in [4.78, 5) is 16.7. The lowest BCUT2D eigenvalue weighted by molar-refractivity contribution is -0.116. The highest BCUT2D eigenvalue weighted by Gasteiger charge is 2.18. The molecule has 0 radical (unpaired) electrons. The third-order valence-electron chi connectivity index (χ3n) is 3.95. The molecule has 1 saturated heterocycles. The van der Waals surface area contributed by atoms with E-state index >= 15 is 0 Å². The van der Waals surface area contributed by atoms with E-state index in [1.807, 2.05) is 18.2 Å². The number of likely N-dealkylation sites (N-methyl/N-ethyl adjacent to an activating group) is 1. The van der Waals surface area contributed by atoms with Crippen LogP contribution in [0.25, 0.3) is 0 Å². The molecule has 0 aromatic heterocycles. The maximum Gasteiger partial charge on any atom is 0.224 e. The first-order valence-corrected chi connectivity index (χ1v) is 7.81. The maximum absolute atomic E-state index is 11.9. The van der Waals surface area contributed by atoms with Crippen LogP contribution in [0.2, 0.25) is 0 Å². The minimum atomic E-state index is 0.0418. The molecule has 0 spiro atoms. The summed E-state index contributed by atoms with van der Waals surface area (Å²) >= 11 is 0. The number of rotatable bonds is 6. The number of nitrogens with two attached hydrogens (primary N) is 1. The molecule has 1 heterocycles. The number of amides is 1. The molecule has 5 nitrogen and oxygen atoms in total. The number of hydrogen-bond acceptors (Lipinski definition) is 4. The van der Waals surface area contributed by atoms with Gasteiger partial charge in [-0.15, -0.1) is 0 Å². The van der Waals surface area contributed by atoms with Crippen LogP contribution in [0.1, 0.15) is 19.8 Å². The Bertz CT molecular complexity index is 455. The van der Waals surface area contributed by atoms with Gasteiger partial charge in [-0.1, -0.05) is 19.1 Å². The number of nitrogens with one attached hydrogen (secondary N) is 1. The molecular formula is C16H26N4O. The quantitative estimate of drug-likeness (QED) is 0.833. The fourth-order valence-corrected chi connectivity index (χ4v) is 2.64. The normalized spacial score (nSPS) is 16.0. The molecule has 0 bridgehead atoms. The summed E-state index contributed by atoms with van der Waals surface area (Å²) in [5.74, 6) is 0.0418. The second kappa shape index (κ2) is 8.00. The molecule has 21 heavy (non-hydrogen) atoms. The van der Waals surface area contributed by atoms with Crippen molar-refractivity contribution in [3.8, 4) is 0 Å². The Morgan fingerprint density at radius 3 is 2.62 bits per heavy atom. The number of para-hydroxylation sites is 2. The van der Waals surface area contributed by atoms with Crippen LogP contribution in [-0.2, 0) is 4.79 Å². The maximum atomic E-state index is 11.9. The zero-order valence-electron chi connectivity index (χ0n) is 12.8. The van der Waals surface area contributed by atoms with Crippen molar-refractivity contribution in [2.75, 3.05) is 49.5 Å². The highest BCUT2D eigenvalue weighted by molar-refractivity contribution is 5.94. The number of carbonyl (C=O) groups is 1. The van der Waals surface area contributed by atoms with Gasteiger partial charge in [0, 0.05) is 32.6 Å². The lowest BCUT2D eigenvalue weighted by Gasteiger charge is -2.36. The van der Waals surface area contributed by atoms with E-state index in [9.17, 15) is 4.79 Å². The van der Waals surface area contributed by atoms with Crippen molar-refractivity contribution in [1.29, 1.82) is 0 Å². The van der Waals surface area contributed by atoms with Crippen molar-refractivity contribution in [3.63, 3.8) is 0 Å². The smallest absolute Gasteiger partial charge is 0.224 e. The molecule has 3 N–H and O–H groups in total. The highest BCUT2D eigenvalue weighted by Crippen LogP contribution is 2.26. The summed E-state index contributed by atoms with van der Waals surface area (Å²) < 4.78 is 0. The topological polar surface area (TPSA) is 61.6 Å². The van der Waals surface area contributed by atoms with Gasteiger partial charge in [0.1, 0.15) is 0 Å². The van der Waals surface area contributed by atoms with Crippen molar-refractivity contribution in [2.24, 2.45) is 5.73 Å². The third kappa shape index (κ3) is 4.44. The van der Waals surface area contributed by atoms with Crippen LogP contribution in [-0.4, -0.2) is 50.1 Å². The number of carbonyl (C=O) groups excluding carboxylic acids is 1. The van der Waals surface area contributed by atoms with Gasteiger partial charge in [0.05, 0.1) is 11.4 Å². The Labute approximate surface area is 127 Å². The molecule has 1 aliphatic heterocycles. The van der Waals surface area contributed by atoms with Crippen LogP contribution in [0.5, 0.6) is 0 Å². The van der Waals surface area contributed by atoms with Gasteiger partial charge in [-0.05, 0) is 31.6 Å². The Morgan fingerprint density at radius 2 is 1.95 bits per heavy atom. The first kappa shape index (κ1) is 15.8. The van der Waals surface area contributed by atoms with E-state index in [0.717, 1.165) is 50.5 Å². The summed E-state index contributed by atoms with van der Waals surface area (Å²) in [7, 11) is 0. The van der Waals surface area contributed by atoms with Gasteiger partial charge in [0.2, 0.25) is 5.91 Å². The first-order chi connectivity index (χ1) is 10.2. The van der Waals surface area contributed by atoms with Crippen LogP contribution in [0.4, 0.5) is 11.4 Å². The van der Waals surface area contributed by atoms with Gasteiger partial charge in [0.25, 0.3) is 0 Å². The van der Waals surface area contributed by atoms with Gasteiger partial charge in [-0.3, -0.25) is 4.79 Å². The average Bonchev–Trinajstić information content (AvgIpc) is 2.53. The zero-order chi connectivity index (χ0) is 15.1. The largest absolute Gasteiger partial charge is 0.367 e. The fraction of sp³-hybridized carbons (Fsp3) is 0.562. The first-order valence-electron chi connectivity index (χ1n) is 7.81. The molecular weight excluding hydrogens is 264 g/mol. The Balaban J connectivity index is 2.01. The van der Waals surface area contributed by atoms with Gasteiger partial charge in [-0.25, -0.2) is 0 Å². The number of hydrogen-bond donors (Lipinski definition) is 2. The molecule has 1 fully saturated rings. The van der Waals surface area contributed by atoms with Gasteiger partial charge < -0.3 is 20.9 Å². The standard InChI is InChI=1S/C16H26N4O/c1-2-19-10-12-20(13-11-19)15-7-4-3-6-14(15)18-16(21)8-5-9-17/h3-4,6-7H,2,5,8-13,17H2,1H3,(H,18,21). The van der Waals surface area contributed by atoms with E-state index in [4.69, 9.17) is 5.73 Å². The Morgan fingerprint density at radius 1 is 1.24 bits per heavy atom. The van der Waals surface area contributed by atoms with Crippen molar-refractivity contribution in [3.05, 3.63) is 24.3 Å². The molecule has 1 aromatic carbocycles. The summed E-state index contributed by atoms with van der Waals surface area (Å²) in [6, 6.07) is 8.05. The second-order valence-electron chi connectivity index (χ2n) is 5.38. The third-order valence-corrected chi connectivity index (χ3v) is 3.95. The molecule has 5 heteroatoms. The Hall–Kier alpha value is -1.59. The minimum Gasteiger partial charge on any atom is -0.367 e. The van der Waals surface area contributed by atoms with Crippen LogP contribution in [0.3, 0.4) is 0 Å². The van der Waals surface area contributed by atoms with Crippen LogP contribution >= 0.6 is 0 Å². The van der Waals surface area contributed by atoms with Crippen LogP contribution in [0, 0.1) is 0 Å². The molecule has 116 valence electrons. The summed E-state index contributed by atoms with van der Waals surface area (Å²) in [5.41, 5.74) is 7.48. The lowest BCUT2D eigenvalue weighted by atomic mass is 10.2. The van der Waals surface area contributed by atoms with Gasteiger partial charge in [-0.2, -0.15) is 0 Å². The monoisotopic (exact) mass is 290 g/mol. The fourth-order valence-electron chi connectivity index (χ4n) is 2.64. The second-order valence-corrected chi connectivity index (χ2v) is 5.38. The summed E-state index contributed by atoms with van der Waals surface area (Å²) in [5, 5.41) is 3.02. The number of anilines is 2. The summed E-state index contributed by atoms with van der Waals surface area (Å²) in [6.45, 7) is 8.01. The summed E-state index contributed by atoms with van der Waals surface area (Å²) in [6.07, 6.45) is 1.21. The number of benzene rings is 1. The van der Waals surface area contributed by atoms with E-state index < -0.39 is 0 Å². The van der Waals surface area contributed by atoms with Crippen LogP contribution < -0.4 is 16.0 Å². The predicted octanol–water partition coefficient (Wildman–Crippen LogP) is 1.51. The average molecular weight is 290 g/mol. The molecule has 1 amide bonds. The molecule has 0 atom stereocenters.